The minimum absolute atomic E-state index is 0. The van der Waals surface area contributed by atoms with Gasteiger partial charge in [0.2, 0.25) is 0 Å². The van der Waals surface area contributed by atoms with E-state index in [0.29, 0.717) is 6.42 Å². The van der Waals surface area contributed by atoms with Crippen molar-refractivity contribution in [1.82, 2.24) is 0 Å². The van der Waals surface area contributed by atoms with Crippen LogP contribution in [0.5, 0.6) is 0 Å². The van der Waals surface area contributed by atoms with Crippen LogP contribution < -0.4 is 0 Å². The van der Waals surface area contributed by atoms with Gasteiger partial charge in [-0.2, -0.15) is 0 Å². The van der Waals surface area contributed by atoms with Crippen LogP contribution in [0.2, 0.25) is 0 Å². The van der Waals surface area contributed by atoms with Crippen LogP contribution in [0.1, 0.15) is 13.9 Å². The molecule has 0 atom stereocenters. The standard InChI is InChI=1S/C9H10O.H2/c1-8(10)7-9-5-3-2-4-6-9;/h2-6H,7H2,1H3;1H/i;1+1. The maximum atomic E-state index is 10.6. The number of Topliss-reactive ketones (excluding diaryl/α,β-unsaturated/α-hetero) is 1. The topological polar surface area (TPSA) is 17.1 Å². The summed E-state index contributed by atoms with van der Waals surface area (Å²) in [5.41, 5.74) is 1.09. The molecule has 1 aromatic rings. The maximum Gasteiger partial charge on any atom is 0.134 e. The summed E-state index contributed by atoms with van der Waals surface area (Å²) in [6, 6.07) is 9.75. The number of rotatable bonds is 2. The highest BCUT2D eigenvalue weighted by atomic mass is 16.1. The van der Waals surface area contributed by atoms with Gasteiger partial charge in [0, 0.05) is 7.85 Å². The Kier molecular flexibility index (Phi) is 2.21. The van der Waals surface area contributed by atoms with Crippen LogP contribution in [0.3, 0.4) is 0 Å². The molecule has 0 aromatic heterocycles. The number of carbonyl (C=O) groups excluding carboxylic acids is 1. The predicted octanol–water partition coefficient (Wildman–Crippen LogP) is 2.06. The van der Waals surface area contributed by atoms with E-state index in [0.717, 1.165) is 5.56 Å². The second-order valence-corrected chi connectivity index (χ2v) is 2.36. The van der Waals surface area contributed by atoms with Gasteiger partial charge in [0.1, 0.15) is 5.78 Å². The summed E-state index contributed by atoms with van der Waals surface area (Å²) in [5.74, 6) is 0.214. The molecular formula is C9H12O. The van der Waals surface area contributed by atoms with Crippen LogP contribution in [-0.4, -0.2) is 5.78 Å². The number of benzene rings is 1. The Hall–Kier alpha value is -1.11. The van der Waals surface area contributed by atoms with E-state index in [1.807, 2.05) is 30.3 Å². The molecule has 0 spiro atoms. The van der Waals surface area contributed by atoms with Crippen LogP contribution >= 0.6 is 0 Å². The predicted molar refractivity (Wildman–Crippen MR) is 42.9 cm³/mol. The first-order valence-corrected chi connectivity index (χ1v) is 3.32. The van der Waals surface area contributed by atoms with Crippen molar-refractivity contribution in [1.29, 1.82) is 0 Å². The second-order valence-electron chi connectivity index (χ2n) is 2.36. The van der Waals surface area contributed by atoms with Crippen LogP contribution in [0, 0.1) is 0 Å². The summed E-state index contributed by atoms with van der Waals surface area (Å²) < 4.78 is 0. The molecule has 0 bridgehead atoms. The van der Waals surface area contributed by atoms with Crippen molar-refractivity contribution in [3.05, 3.63) is 35.9 Å². The van der Waals surface area contributed by atoms with Crippen molar-refractivity contribution in [3.8, 4) is 0 Å². The Morgan fingerprint density at radius 2 is 2.00 bits per heavy atom. The summed E-state index contributed by atoms with van der Waals surface area (Å²) in [6.45, 7) is 1.60. The van der Waals surface area contributed by atoms with Crippen molar-refractivity contribution in [2.24, 2.45) is 0 Å². The Bertz CT molecular complexity index is 218. The summed E-state index contributed by atoms with van der Waals surface area (Å²) in [4.78, 5) is 10.6. The van der Waals surface area contributed by atoms with E-state index in [9.17, 15) is 4.79 Å². The number of carbonyl (C=O) groups is 1. The lowest BCUT2D eigenvalue weighted by Crippen LogP contribution is -1.94. The molecule has 0 N–H and O–H groups in total. The molecule has 54 valence electrons. The Morgan fingerprint density at radius 3 is 2.50 bits per heavy atom. The smallest absolute Gasteiger partial charge is 0.134 e. The van der Waals surface area contributed by atoms with Crippen LogP contribution in [0.4, 0.5) is 0 Å². The molecule has 1 aromatic carbocycles. The molecule has 0 amide bonds. The fourth-order valence-electron chi connectivity index (χ4n) is 0.883. The van der Waals surface area contributed by atoms with Crippen molar-refractivity contribution >= 4 is 5.78 Å². The molecular weight excluding hydrogens is 124 g/mol. The van der Waals surface area contributed by atoms with Crippen molar-refractivity contribution < 1.29 is 6.22 Å². The molecule has 0 unspecified atom stereocenters. The van der Waals surface area contributed by atoms with Gasteiger partial charge < -0.3 is 0 Å². The van der Waals surface area contributed by atoms with Crippen LogP contribution in [0.25, 0.3) is 0 Å². The molecule has 1 heteroatoms. The third-order valence-electron chi connectivity index (χ3n) is 1.30. The Balaban J connectivity index is 0.000001000. The van der Waals surface area contributed by atoms with E-state index in [4.69, 9.17) is 0 Å². The SMILES string of the molecule is CC(=O)Cc1ccccc1.[2HH]. The highest BCUT2D eigenvalue weighted by Gasteiger charge is 1.93. The molecule has 0 saturated heterocycles. The molecule has 1 nitrogen and oxygen atoms in total. The molecule has 10 heavy (non-hydrogen) atoms. The fraction of sp³-hybridized carbons (Fsp3) is 0.222. The Morgan fingerprint density at radius 1 is 1.40 bits per heavy atom. The number of ketones is 1. The van der Waals surface area contributed by atoms with Gasteiger partial charge >= 0.3 is 0 Å². The third kappa shape index (κ3) is 2.02. The third-order valence-corrected chi connectivity index (χ3v) is 1.30. The molecule has 0 fully saturated rings. The highest BCUT2D eigenvalue weighted by Crippen LogP contribution is 1.98. The molecule has 1 rings (SSSR count). The minimum atomic E-state index is 0. The monoisotopic (exact) mass is 137 g/mol. The molecule has 0 aliphatic heterocycles. The lowest BCUT2D eigenvalue weighted by atomic mass is 10.1. The zero-order chi connectivity index (χ0) is 7.40. The number of hydrogen-bond donors (Lipinski definition) is 0. The minimum Gasteiger partial charge on any atom is -0.300 e. The lowest BCUT2D eigenvalue weighted by molar-refractivity contribution is -0.116. The second kappa shape index (κ2) is 3.16. The fourth-order valence-corrected chi connectivity index (χ4v) is 0.883. The Labute approximate surface area is 62.2 Å². The summed E-state index contributed by atoms with van der Waals surface area (Å²) in [5, 5.41) is 0. The molecule has 0 saturated carbocycles. The molecule has 0 aliphatic carbocycles. The first-order chi connectivity index (χ1) is 4.79. The first kappa shape index (κ1) is 7.00. The zero-order valence-electron chi connectivity index (χ0n) is 6.00. The van der Waals surface area contributed by atoms with Crippen LogP contribution in [-0.2, 0) is 11.2 Å². The van der Waals surface area contributed by atoms with Gasteiger partial charge in [0.25, 0.3) is 0 Å². The van der Waals surface area contributed by atoms with Gasteiger partial charge in [0.05, 0.1) is 0 Å². The van der Waals surface area contributed by atoms with Gasteiger partial charge in [0.15, 0.2) is 0 Å². The van der Waals surface area contributed by atoms with Crippen molar-refractivity contribution in [3.63, 3.8) is 0 Å². The summed E-state index contributed by atoms with van der Waals surface area (Å²) in [7, 11) is 0. The maximum absolute atomic E-state index is 10.6. The average molecular weight is 137 g/mol. The van der Waals surface area contributed by atoms with E-state index in [-0.39, 0.29) is 7.21 Å². The van der Waals surface area contributed by atoms with Gasteiger partial charge in [-0.05, 0) is 12.5 Å². The molecule has 0 radical (unpaired) electrons. The largest absolute Gasteiger partial charge is 0.300 e. The van der Waals surface area contributed by atoms with E-state index in [1.165, 1.54) is 0 Å². The highest BCUT2D eigenvalue weighted by molar-refractivity contribution is 5.78. The lowest BCUT2D eigenvalue weighted by Gasteiger charge is -1.93. The van der Waals surface area contributed by atoms with Gasteiger partial charge in [-0.25, -0.2) is 0 Å². The van der Waals surface area contributed by atoms with Crippen LogP contribution in [0.15, 0.2) is 30.3 Å². The van der Waals surface area contributed by atoms with Crippen molar-refractivity contribution in [2.45, 2.75) is 13.3 Å². The summed E-state index contributed by atoms with van der Waals surface area (Å²) >= 11 is 0. The van der Waals surface area contributed by atoms with E-state index in [1.54, 1.807) is 6.92 Å². The normalized spacial score (nSPS) is 9.30. The van der Waals surface area contributed by atoms with Gasteiger partial charge in [-0.3, -0.25) is 4.79 Å². The zero-order valence-corrected chi connectivity index (χ0v) is 6.00. The van der Waals surface area contributed by atoms with Gasteiger partial charge in [-0.1, -0.05) is 30.3 Å². The molecule has 0 heterocycles. The van der Waals surface area contributed by atoms with Gasteiger partial charge in [-0.15, -0.1) is 0 Å². The van der Waals surface area contributed by atoms with E-state index < -0.39 is 0 Å². The number of hydrogen-bond acceptors (Lipinski definition) is 1. The van der Waals surface area contributed by atoms with E-state index >= 15 is 0 Å². The quantitative estimate of drug-likeness (QED) is 0.609. The first-order valence-electron chi connectivity index (χ1n) is 3.32. The summed E-state index contributed by atoms with van der Waals surface area (Å²) in [6.07, 6.45) is 0.556. The van der Waals surface area contributed by atoms with E-state index in [2.05, 4.69) is 0 Å². The molecule has 0 aliphatic rings. The van der Waals surface area contributed by atoms with Crippen molar-refractivity contribution in [2.75, 3.05) is 0 Å². The average Bonchev–Trinajstić information content (AvgIpc) is 1.88.